The van der Waals surface area contributed by atoms with Gasteiger partial charge in [-0.05, 0) is 6.92 Å². The number of amides is 1. The van der Waals surface area contributed by atoms with Gasteiger partial charge in [-0.25, -0.2) is 0 Å². The number of nitrogens with zero attached hydrogens (tertiary/aromatic N) is 1. The number of hydrogen-bond donors (Lipinski definition) is 1. The summed E-state index contributed by atoms with van der Waals surface area (Å²) >= 11 is 0. The van der Waals surface area contributed by atoms with E-state index >= 15 is 0 Å². The third-order valence-electron chi connectivity index (χ3n) is 1.57. The highest BCUT2D eigenvalue weighted by Gasteiger charge is 2.12. The van der Waals surface area contributed by atoms with Crippen LogP contribution in [0, 0.1) is 0 Å². The van der Waals surface area contributed by atoms with Gasteiger partial charge in [0.05, 0.1) is 12.6 Å². The number of carbonyl (C=O) groups is 1. The van der Waals surface area contributed by atoms with E-state index in [9.17, 15) is 4.79 Å². The maximum atomic E-state index is 11.3. The third-order valence-corrected chi connectivity index (χ3v) is 1.57. The molecule has 0 fully saturated rings. The van der Waals surface area contributed by atoms with Gasteiger partial charge in [0.25, 0.3) is 0 Å². The Kier molecular flexibility index (Phi) is 5.66. The maximum Gasteiger partial charge on any atom is 0.238 e. The number of hydrogen-bond acceptors (Lipinski definition) is 3. The van der Waals surface area contributed by atoms with E-state index in [1.54, 1.807) is 26.1 Å². The minimum absolute atomic E-state index is 0.0890. The van der Waals surface area contributed by atoms with Gasteiger partial charge in [-0.2, -0.15) is 0 Å². The lowest BCUT2D eigenvalue weighted by molar-refractivity contribution is -0.130. The quantitative estimate of drug-likeness (QED) is 0.582. The number of methoxy groups -OCH3 is 1. The minimum Gasteiger partial charge on any atom is -0.383 e. The van der Waals surface area contributed by atoms with Crippen molar-refractivity contribution in [3.05, 3.63) is 0 Å². The summed E-state index contributed by atoms with van der Waals surface area (Å²) in [4.78, 5) is 12.8. The van der Waals surface area contributed by atoms with E-state index in [0.717, 1.165) is 0 Å². The fourth-order valence-electron chi connectivity index (χ4n) is 0.852. The van der Waals surface area contributed by atoms with E-state index in [0.29, 0.717) is 13.2 Å². The summed E-state index contributed by atoms with van der Waals surface area (Å²) in [6, 6.07) is -0.129. The number of rotatable bonds is 5. The third kappa shape index (κ3) is 4.31. The van der Waals surface area contributed by atoms with Crippen LogP contribution in [0.1, 0.15) is 6.92 Å². The molecule has 72 valence electrons. The van der Waals surface area contributed by atoms with E-state index in [1.807, 2.05) is 6.92 Å². The average Bonchev–Trinajstić information content (AvgIpc) is 2.03. The zero-order valence-corrected chi connectivity index (χ0v) is 8.26. The molecule has 0 saturated heterocycles. The second kappa shape index (κ2) is 5.97. The molecule has 0 radical (unpaired) electrons. The molecule has 4 nitrogen and oxygen atoms in total. The Morgan fingerprint density at radius 3 is 2.58 bits per heavy atom. The Bertz CT molecular complexity index is 137. The fraction of sp³-hybridized carbons (Fsp3) is 0.875. The smallest absolute Gasteiger partial charge is 0.238 e. The van der Waals surface area contributed by atoms with E-state index in [-0.39, 0.29) is 11.9 Å². The van der Waals surface area contributed by atoms with Crippen molar-refractivity contribution in [2.45, 2.75) is 13.0 Å². The summed E-state index contributed by atoms with van der Waals surface area (Å²) in [5, 5.41) is 3.05. The fourth-order valence-corrected chi connectivity index (χ4v) is 0.852. The van der Waals surface area contributed by atoms with Crippen LogP contribution in [-0.2, 0) is 9.53 Å². The second-order valence-electron chi connectivity index (χ2n) is 2.90. The molecule has 0 aromatic rings. The molecule has 0 aromatic heterocycles. The van der Waals surface area contributed by atoms with Crippen LogP contribution in [0.5, 0.6) is 0 Å². The van der Waals surface area contributed by atoms with E-state index in [4.69, 9.17) is 4.74 Å². The normalized spacial score (nSPS) is 12.7. The predicted octanol–water partition coefficient (Wildman–Crippen LogP) is -0.301. The second-order valence-corrected chi connectivity index (χ2v) is 2.90. The molecular formula is C8H18N2O2. The molecular weight excluding hydrogens is 156 g/mol. The molecule has 0 spiro atoms. The lowest BCUT2D eigenvalue weighted by atomic mass is 10.3. The van der Waals surface area contributed by atoms with Crippen molar-refractivity contribution in [3.8, 4) is 0 Å². The predicted molar refractivity (Wildman–Crippen MR) is 48.0 cm³/mol. The molecule has 0 bridgehead atoms. The van der Waals surface area contributed by atoms with E-state index < -0.39 is 0 Å². The zero-order chi connectivity index (χ0) is 9.56. The van der Waals surface area contributed by atoms with Gasteiger partial charge in [0, 0.05) is 27.7 Å². The molecule has 0 aliphatic heterocycles. The lowest BCUT2D eigenvalue weighted by Gasteiger charge is -2.17. The van der Waals surface area contributed by atoms with Crippen LogP contribution >= 0.6 is 0 Å². The number of ether oxygens (including phenoxy) is 1. The summed E-state index contributed by atoms with van der Waals surface area (Å²) < 4.78 is 4.85. The Morgan fingerprint density at radius 2 is 2.17 bits per heavy atom. The summed E-state index contributed by atoms with van der Waals surface area (Å²) in [5.41, 5.74) is 0. The van der Waals surface area contributed by atoms with Crippen molar-refractivity contribution in [1.29, 1.82) is 0 Å². The van der Waals surface area contributed by atoms with Crippen molar-refractivity contribution in [1.82, 2.24) is 10.2 Å². The molecule has 0 saturated carbocycles. The van der Waals surface area contributed by atoms with Gasteiger partial charge < -0.3 is 15.0 Å². The molecule has 0 rings (SSSR count). The highest BCUT2D eigenvalue weighted by molar-refractivity contribution is 5.80. The van der Waals surface area contributed by atoms with Gasteiger partial charge in [-0.1, -0.05) is 0 Å². The van der Waals surface area contributed by atoms with Crippen LogP contribution in [0.4, 0.5) is 0 Å². The molecule has 0 aliphatic rings. The van der Waals surface area contributed by atoms with Gasteiger partial charge in [0.15, 0.2) is 0 Å². The Morgan fingerprint density at radius 1 is 1.58 bits per heavy atom. The topological polar surface area (TPSA) is 41.6 Å². The summed E-state index contributed by atoms with van der Waals surface area (Å²) in [5.74, 6) is 0.0890. The first-order chi connectivity index (χ1) is 5.59. The van der Waals surface area contributed by atoms with Crippen LogP contribution < -0.4 is 5.32 Å². The number of carbonyl (C=O) groups excluding carboxylic acids is 1. The molecule has 12 heavy (non-hydrogen) atoms. The van der Waals surface area contributed by atoms with Crippen molar-refractivity contribution in [3.63, 3.8) is 0 Å². The molecule has 1 unspecified atom stereocenters. The van der Waals surface area contributed by atoms with Crippen molar-refractivity contribution in [2.24, 2.45) is 0 Å². The van der Waals surface area contributed by atoms with Gasteiger partial charge in [-0.15, -0.1) is 0 Å². The van der Waals surface area contributed by atoms with Crippen LogP contribution in [0.3, 0.4) is 0 Å². The number of likely N-dealkylation sites (N-methyl/N-ethyl adjacent to an activating group) is 1. The first-order valence-corrected chi connectivity index (χ1v) is 4.03. The SMILES string of the molecule is COCCNC(C)C(=O)N(C)C. The van der Waals surface area contributed by atoms with E-state index in [1.165, 1.54) is 0 Å². The first-order valence-electron chi connectivity index (χ1n) is 4.03. The summed E-state index contributed by atoms with van der Waals surface area (Å²) in [7, 11) is 5.13. The molecule has 1 N–H and O–H groups in total. The molecule has 0 heterocycles. The maximum absolute atomic E-state index is 11.3. The molecule has 4 heteroatoms. The van der Waals surface area contributed by atoms with Gasteiger partial charge in [0.2, 0.25) is 5.91 Å². The average molecular weight is 174 g/mol. The van der Waals surface area contributed by atoms with Gasteiger partial charge in [0.1, 0.15) is 0 Å². The van der Waals surface area contributed by atoms with Crippen LogP contribution in [0.15, 0.2) is 0 Å². The number of nitrogens with one attached hydrogen (secondary N) is 1. The Labute approximate surface area is 73.9 Å². The zero-order valence-electron chi connectivity index (χ0n) is 8.26. The Hall–Kier alpha value is -0.610. The first kappa shape index (κ1) is 11.4. The standard InChI is InChI=1S/C8H18N2O2/c1-7(8(11)10(2)3)9-5-6-12-4/h7,9H,5-6H2,1-4H3. The van der Waals surface area contributed by atoms with Gasteiger partial charge in [-0.3, -0.25) is 4.79 Å². The van der Waals surface area contributed by atoms with Crippen LogP contribution in [-0.4, -0.2) is 51.2 Å². The molecule has 1 atom stereocenters. The van der Waals surface area contributed by atoms with E-state index in [2.05, 4.69) is 5.32 Å². The van der Waals surface area contributed by atoms with Gasteiger partial charge >= 0.3 is 0 Å². The summed E-state index contributed by atoms with van der Waals surface area (Å²) in [6.45, 7) is 3.18. The van der Waals surface area contributed by atoms with Crippen LogP contribution in [0.25, 0.3) is 0 Å². The molecule has 0 aliphatic carbocycles. The van der Waals surface area contributed by atoms with Crippen molar-refractivity contribution < 1.29 is 9.53 Å². The lowest BCUT2D eigenvalue weighted by Crippen LogP contribution is -2.42. The van der Waals surface area contributed by atoms with Crippen molar-refractivity contribution in [2.75, 3.05) is 34.4 Å². The summed E-state index contributed by atoms with van der Waals surface area (Å²) in [6.07, 6.45) is 0. The largest absolute Gasteiger partial charge is 0.383 e. The minimum atomic E-state index is -0.129. The monoisotopic (exact) mass is 174 g/mol. The van der Waals surface area contributed by atoms with Crippen LogP contribution in [0.2, 0.25) is 0 Å². The Balaban J connectivity index is 3.57. The van der Waals surface area contributed by atoms with Crippen molar-refractivity contribution >= 4 is 5.91 Å². The molecule has 0 aromatic carbocycles. The molecule has 1 amide bonds. The highest BCUT2D eigenvalue weighted by Crippen LogP contribution is 1.87. The highest BCUT2D eigenvalue weighted by atomic mass is 16.5.